The Bertz CT molecular complexity index is 817. The van der Waals surface area contributed by atoms with Crippen LogP contribution in [0.15, 0.2) is 46.7 Å². The molecule has 1 unspecified atom stereocenters. The average Bonchev–Trinajstić information content (AvgIpc) is 2.99. The Balaban J connectivity index is 1.72. The van der Waals surface area contributed by atoms with Crippen molar-refractivity contribution in [2.24, 2.45) is 0 Å². The summed E-state index contributed by atoms with van der Waals surface area (Å²) in [5.74, 6) is 0.603. The molecule has 1 aromatic carbocycles. The van der Waals surface area contributed by atoms with Crippen molar-refractivity contribution < 1.29 is 13.2 Å². The molecule has 1 aliphatic heterocycles. The van der Waals surface area contributed by atoms with E-state index in [0.29, 0.717) is 24.0 Å². The van der Waals surface area contributed by atoms with E-state index < -0.39 is 10.0 Å². The number of hydrogen-bond donors (Lipinski definition) is 1. The summed E-state index contributed by atoms with van der Waals surface area (Å²) in [5, 5.41) is 5.07. The van der Waals surface area contributed by atoms with Crippen molar-refractivity contribution in [3.8, 4) is 0 Å². The molecule has 1 saturated heterocycles. The van der Waals surface area contributed by atoms with Gasteiger partial charge in [0.1, 0.15) is 0 Å². The first kappa shape index (κ1) is 18.4. The Hall–Kier alpha value is -1.35. The van der Waals surface area contributed by atoms with Gasteiger partial charge in [-0.1, -0.05) is 6.07 Å². The largest absolute Gasteiger partial charge is 0.326 e. The molecule has 0 saturated carbocycles. The smallest absolute Gasteiger partial charge is 0.243 e. The summed E-state index contributed by atoms with van der Waals surface area (Å²) in [4.78, 5) is 12.6. The van der Waals surface area contributed by atoms with E-state index in [4.69, 9.17) is 0 Å². The molecule has 0 bridgehead atoms. The summed E-state index contributed by atoms with van der Waals surface area (Å²) in [6.45, 7) is 2.46. The molecule has 0 aliphatic carbocycles. The summed E-state index contributed by atoms with van der Waals surface area (Å²) < 4.78 is 27.4. The van der Waals surface area contributed by atoms with Crippen molar-refractivity contribution >= 4 is 44.7 Å². The van der Waals surface area contributed by atoms with Crippen molar-refractivity contribution in [3.63, 3.8) is 0 Å². The van der Waals surface area contributed by atoms with Crippen molar-refractivity contribution in [2.45, 2.75) is 23.5 Å². The number of benzene rings is 1. The zero-order valence-corrected chi connectivity index (χ0v) is 16.3. The molecule has 1 N–H and O–H groups in total. The molecular weight excluding hydrogens is 376 g/mol. The number of amides is 1. The number of sulfonamides is 1. The fourth-order valence-corrected chi connectivity index (χ4v) is 6.56. The number of carbonyl (C=O) groups excluding carboxylic acids is 1. The summed E-state index contributed by atoms with van der Waals surface area (Å²) >= 11 is 3.55. The van der Waals surface area contributed by atoms with Gasteiger partial charge in [0.25, 0.3) is 0 Å². The molecular formula is C17H20N2O3S3. The van der Waals surface area contributed by atoms with Gasteiger partial charge in [-0.05, 0) is 42.1 Å². The molecule has 3 rings (SSSR count). The van der Waals surface area contributed by atoms with Gasteiger partial charge >= 0.3 is 0 Å². The number of nitrogens with one attached hydrogen (secondary N) is 1. The highest BCUT2D eigenvalue weighted by Crippen LogP contribution is 2.37. The Morgan fingerprint density at radius 2 is 1.96 bits per heavy atom. The number of thiophene rings is 1. The lowest BCUT2D eigenvalue weighted by atomic mass is 10.2. The van der Waals surface area contributed by atoms with Crippen LogP contribution < -0.4 is 5.32 Å². The number of rotatable bonds is 4. The van der Waals surface area contributed by atoms with E-state index in [2.05, 4.69) is 16.8 Å². The van der Waals surface area contributed by atoms with E-state index in [-0.39, 0.29) is 10.8 Å². The predicted molar refractivity (Wildman–Crippen MR) is 104 cm³/mol. The van der Waals surface area contributed by atoms with Gasteiger partial charge in [0.2, 0.25) is 15.9 Å². The summed E-state index contributed by atoms with van der Waals surface area (Å²) in [6, 6.07) is 10.5. The SMILES string of the molecule is CC(=O)Nc1ccc(S(=O)(=O)N2CCSC(c3cccs3)CC2)cc1. The third-order valence-corrected chi connectivity index (χ3v) is 8.33. The Morgan fingerprint density at radius 1 is 1.20 bits per heavy atom. The third kappa shape index (κ3) is 4.44. The van der Waals surface area contributed by atoms with Crippen molar-refractivity contribution in [1.82, 2.24) is 4.31 Å². The molecule has 1 aromatic heterocycles. The lowest BCUT2D eigenvalue weighted by Gasteiger charge is -2.20. The van der Waals surface area contributed by atoms with E-state index in [1.54, 1.807) is 39.9 Å². The number of nitrogens with zero attached hydrogens (tertiary/aromatic N) is 1. The number of anilines is 1. The number of thioether (sulfide) groups is 1. The molecule has 2 aromatic rings. The first-order valence-electron chi connectivity index (χ1n) is 7.99. The zero-order valence-electron chi connectivity index (χ0n) is 13.8. The van der Waals surface area contributed by atoms with E-state index in [1.807, 2.05) is 17.8 Å². The summed E-state index contributed by atoms with van der Waals surface area (Å²) in [7, 11) is -3.51. The maximum absolute atomic E-state index is 12.9. The first-order chi connectivity index (χ1) is 12.0. The van der Waals surface area contributed by atoms with Crippen LogP contribution in [0.5, 0.6) is 0 Å². The molecule has 1 amide bonds. The predicted octanol–water partition coefficient (Wildman–Crippen LogP) is 3.58. The van der Waals surface area contributed by atoms with Gasteiger partial charge in [-0.3, -0.25) is 4.79 Å². The molecule has 5 nitrogen and oxygen atoms in total. The normalized spacial score (nSPS) is 19.3. The van der Waals surface area contributed by atoms with Crippen LogP contribution >= 0.6 is 23.1 Å². The standard InChI is InChI=1S/C17H20N2O3S3/c1-13(20)18-14-4-6-15(7-5-14)25(21,22)19-9-8-17(24-12-10-19)16-3-2-11-23-16/h2-7,11,17H,8-10,12H2,1H3,(H,18,20). The Morgan fingerprint density at radius 3 is 2.60 bits per heavy atom. The minimum absolute atomic E-state index is 0.181. The molecule has 0 radical (unpaired) electrons. The van der Waals surface area contributed by atoms with Gasteiger partial charge in [0, 0.05) is 41.6 Å². The maximum atomic E-state index is 12.9. The Kier molecular flexibility index (Phi) is 5.83. The molecule has 0 spiro atoms. The highest BCUT2D eigenvalue weighted by molar-refractivity contribution is 7.99. The molecule has 8 heteroatoms. The second kappa shape index (κ2) is 7.90. The maximum Gasteiger partial charge on any atom is 0.243 e. The van der Waals surface area contributed by atoms with Crippen LogP contribution in [0.25, 0.3) is 0 Å². The van der Waals surface area contributed by atoms with Gasteiger partial charge in [-0.25, -0.2) is 8.42 Å². The minimum Gasteiger partial charge on any atom is -0.326 e. The monoisotopic (exact) mass is 396 g/mol. The minimum atomic E-state index is -3.51. The Labute approximate surface area is 156 Å². The van der Waals surface area contributed by atoms with E-state index >= 15 is 0 Å². The van der Waals surface area contributed by atoms with Crippen molar-refractivity contribution in [3.05, 3.63) is 46.7 Å². The van der Waals surface area contributed by atoms with Gasteiger partial charge in [-0.15, -0.1) is 11.3 Å². The van der Waals surface area contributed by atoms with Crippen LogP contribution in [0.3, 0.4) is 0 Å². The zero-order chi connectivity index (χ0) is 17.9. The lowest BCUT2D eigenvalue weighted by molar-refractivity contribution is -0.114. The summed E-state index contributed by atoms with van der Waals surface area (Å²) in [6.07, 6.45) is 0.814. The number of carbonyl (C=O) groups is 1. The fraction of sp³-hybridized carbons (Fsp3) is 0.353. The van der Waals surface area contributed by atoms with E-state index in [1.165, 1.54) is 11.8 Å². The molecule has 1 atom stereocenters. The van der Waals surface area contributed by atoms with Crippen LogP contribution in [0.2, 0.25) is 0 Å². The van der Waals surface area contributed by atoms with Gasteiger partial charge in [0.05, 0.1) is 4.90 Å². The number of hydrogen-bond acceptors (Lipinski definition) is 5. The highest BCUT2D eigenvalue weighted by Gasteiger charge is 2.28. The topological polar surface area (TPSA) is 66.5 Å². The molecule has 1 aliphatic rings. The molecule has 2 heterocycles. The first-order valence-corrected chi connectivity index (χ1v) is 11.4. The quantitative estimate of drug-likeness (QED) is 0.858. The molecule has 25 heavy (non-hydrogen) atoms. The van der Waals surface area contributed by atoms with Crippen molar-refractivity contribution in [1.29, 1.82) is 0 Å². The molecule has 134 valence electrons. The third-order valence-electron chi connectivity index (χ3n) is 3.97. The lowest BCUT2D eigenvalue weighted by Crippen LogP contribution is -2.33. The van der Waals surface area contributed by atoms with Crippen LogP contribution in [0.1, 0.15) is 23.5 Å². The van der Waals surface area contributed by atoms with E-state index in [0.717, 1.165) is 12.2 Å². The van der Waals surface area contributed by atoms with Crippen LogP contribution in [-0.4, -0.2) is 37.5 Å². The van der Waals surface area contributed by atoms with Crippen LogP contribution in [0, 0.1) is 0 Å². The van der Waals surface area contributed by atoms with Gasteiger partial charge < -0.3 is 5.32 Å². The van der Waals surface area contributed by atoms with Gasteiger partial charge in [-0.2, -0.15) is 16.1 Å². The highest BCUT2D eigenvalue weighted by atomic mass is 32.2. The van der Waals surface area contributed by atoms with Crippen LogP contribution in [-0.2, 0) is 14.8 Å². The second-order valence-electron chi connectivity index (χ2n) is 5.77. The summed E-state index contributed by atoms with van der Waals surface area (Å²) in [5.41, 5.74) is 0.593. The van der Waals surface area contributed by atoms with Crippen molar-refractivity contribution in [2.75, 3.05) is 24.2 Å². The average molecular weight is 397 g/mol. The van der Waals surface area contributed by atoms with E-state index in [9.17, 15) is 13.2 Å². The van der Waals surface area contributed by atoms with Crippen LogP contribution in [0.4, 0.5) is 5.69 Å². The van der Waals surface area contributed by atoms with Gasteiger partial charge in [0.15, 0.2) is 0 Å². The second-order valence-corrected chi connectivity index (χ2v) is 10.0. The fourth-order valence-electron chi connectivity index (χ4n) is 2.75. The molecule has 1 fully saturated rings.